The van der Waals surface area contributed by atoms with Crippen molar-refractivity contribution in [1.82, 2.24) is 9.62 Å². The van der Waals surface area contributed by atoms with Crippen LogP contribution in [0, 0.1) is 0 Å². The number of sulfonamides is 1. The lowest BCUT2D eigenvalue weighted by Crippen LogP contribution is -2.41. The van der Waals surface area contributed by atoms with Gasteiger partial charge in [0.25, 0.3) is 0 Å². The van der Waals surface area contributed by atoms with Crippen LogP contribution in [0.5, 0.6) is 0 Å². The van der Waals surface area contributed by atoms with Crippen molar-refractivity contribution in [2.75, 3.05) is 31.1 Å². The second kappa shape index (κ2) is 9.73. The van der Waals surface area contributed by atoms with E-state index >= 15 is 0 Å². The molecule has 3 rings (SSSR count). The predicted molar refractivity (Wildman–Crippen MR) is 120 cm³/mol. The van der Waals surface area contributed by atoms with Gasteiger partial charge in [0.2, 0.25) is 15.9 Å². The summed E-state index contributed by atoms with van der Waals surface area (Å²) in [5.41, 5.74) is 3.17. The smallest absolute Gasteiger partial charge is 0.243 e. The molecule has 2 aromatic carbocycles. The Kier molecular flexibility index (Phi) is 7.28. The molecule has 0 unspecified atom stereocenters. The number of benzene rings is 2. The minimum Gasteiger partial charge on any atom is -0.311 e. The zero-order chi connectivity index (χ0) is 21.7. The van der Waals surface area contributed by atoms with E-state index in [-0.39, 0.29) is 18.5 Å². The van der Waals surface area contributed by atoms with E-state index in [1.807, 2.05) is 56.0 Å². The van der Waals surface area contributed by atoms with Crippen LogP contribution in [0.4, 0.5) is 5.69 Å². The summed E-state index contributed by atoms with van der Waals surface area (Å²) in [4.78, 5) is 15.0. The van der Waals surface area contributed by atoms with Crippen molar-refractivity contribution < 1.29 is 13.2 Å². The van der Waals surface area contributed by atoms with Crippen LogP contribution in [-0.4, -0.2) is 44.8 Å². The number of carbonyl (C=O) groups excluding carboxylic acids is 1. The first kappa shape index (κ1) is 22.5. The van der Waals surface area contributed by atoms with Gasteiger partial charge in [-0.2, -0.15) is 4.31 Å². The number of para-hydroxylation sites is 1. The van der Waals surface area contributed by atoms with Gasteiger partial charge in [-0.1, -0.05) is 44.2 Å². The molecule has 6 nitrogen and oxygen atoms in total. The number of anilines is 1. The molecule has 30 heavy (non-hydrogen) atoms. The molecular formula is C23H31N3O3S. The number of nitrogens with one attached hydrogen (secondary N) is 1. The average molecular weight is 430 g/mol. The zero-order valence-electron chi connectivity index (χ0n) is 18.0. The van der Waals surface area contributed by atoms with E-state index in [9.17, 15) is 13.2 Å². The molecule has 0 aliphatic carbocycles. The maximum absolute atomic E-state index is 12.8. The Morgan fingerprint density at radius 3 is 2.43 bits per heavy atom. The van der Waals surface area contributed by atoms with Crippen LogP contribution in [0.1, 0.15) is 44.4 Å². The lowest BCUT2D eigenvalue weighted by molar-refractivity contribution is -0.118. The van der Waals surface area contributed by atoms with Gasteiger partial charge < -0.3 is 10.2 Å². The number of hydrogen-bond donors (Lipinski definition) is 1. The average Bonchev–Trinajstić information content (AvgIpc) is 2.77. The molecule has 0 bridgehead atoms. The number of nitrogens with zero attached hydrogens (tertiary/aromatic N) is 2. The molecule has 0 spiro atoms. The van der Waals surface area contributed by atoms with Crippen LogP contribution in [0.15, 0.2) is 53.4 Å². The number of hydrogen-bond acceptors (Lipinski definition) is 4. The fourth-order valence-electron chi connectivity index (χ4n) is 3.89. The summed E-state index contributed by atoms with van der Waals surface area (Å²) in [6, 6.07) is 14.9. The first-order valence-electron chi connectivity index (χ1n) is 10.6. The highest BCUT2D eigenvalue weighted by molar-refractivity contribution is 7.89. The first-order chi connectivity index (χ1) is 14.4. The molecule has 1 atom stereocenters. The van der Waals surface area contributed by atoms with Crippen LogP contribution in [0.3, 0.4) is 0 Å². The van der Waals surface area contributed by atoms with Gasteiger partial charge in [0.05, 0.1) is 11.4 Å². The summed E-state index contributed by atoms with van der Waals surface area (Å²) < 4.78 is 26.7. The van der Waals surface area contributed by atoms with E-state index in [4.69, 9.17) is 0 Å². The third-order valence-corrected chi connectivity index (χ3v) is 7.76. The van der Waals surface area contributed by atoms with E-state index in [0.717, 1.165) is 30.6 Å². The molecule has 1 aliphatic heterocycles. The van der Waals surface area contributed by atoms with Gasteiger partial charge in [-0.05, 0) is 49.1 Å². The Hall–Kier alpha value is -2.22. The fraction of sp³-hybridized carbons (Fsp3) is 0.435. The van der Waals surface area contributed by atoms with Gasteiger partial charge in [0.1, 0.15) is 0 Å². The van der Waals surface area contributed by atoms with Crippen molar-refractivity contribution in [3.05, 3.63) is 59.7 Å². The standard InChI is InChI=1S/C23H31N3O3S/c1-4-25(5-2)30(28,29)21-14-12-19(13-15-21)18(3)24-17-23(27)26-16-8-10-20-9-6-7-11-22(20)26/h6-7,9,11-15,18,24H,4-5,8,10,16-17H2,1-3H3/t18-/m1/s1. The quantitative estimate of drug-likeness (QED) is 0.699. The Bertz CT molecular complexity index is 969. The van der Waals surface area contributed by atoms with Crippen LogP contribution in [0.2, 0.25) is 0 Å². The van der Waals surface area contributed by atoms with Gasteiger partial charge in [-0.25, -0.2) is 8.42 Å². The summed E-state index contributed by atoms with van der Waals surface area (Å²) in [5.74, 6) is 0.0507. The summed E-state index contributed by atoms with van der Waals surface area (Å²) in [7, 11) is -3.46. The van der Waals surface area contributed by atoms with E-state index in [2.05, 4.69) is 11.4 Å². The number of fused-ring (bicyclic) bond motifs is 1. The zero-order valence-corrected chi connectivity index (χ0v) is 18.8. The minimum atomic E-state index is -3.46. The van der Waals surface area contributed by atoms with Crippen molar-refractivity contribution in [1.29, 1.82) is 0 Å². The maximum Gasteiger partial charge on any atom is 0.243 e. The minimum absolute atomic E-state index is 0.0507. The van der Waals surface area contributed by atoms with Gasteiger partial charge in [0.15, 0.2) is 0 Å². The highest BCUT2D eigenvalue weighted by atomic mass is 32.2. The summed E-state index contributed by atoms with van der Waals surface area (Å²) >= 11 is 0. The van der Waals surface area contributed by atoms with Gasteiger partial charge >= 0.3 is 0 Å². The third-order valence-electron chi connectivity index (χ3n) is 5.69. The molecule has 1 amide bonds. The Labute approximate surface area is 179 Å². The predicted octanol–water partition coefficient (Wildman–Crippen LogP) is 3.35. The molecule has 162 valence electrons. The summed E-state index contributed by atoms with van der Waals surface area (Å²) in [6.07, 6.45) is 1.98. The second-order valence-electron chi connectivity index (χ2n) is 7.54. The van der Waals surface area contributed by atoms with E-state index in [1.165, 1.54) is 9.87 Å². The molecule has 1 N–H and O–H groups in total. The number of carbonyl (C=O) groups is 1. The third kappa shape index (κ3) is 4.74. The lowest BCUT2D eigenvalue weighted by Gasteiger charge is -2.30. The highest BCUT2D eigenvalue weighted by Gasteiger charge is 2.23. The van der Waals surface area contributed by atoms with Gasteiger partial charge in [-0.15, -0.1) is 0 Å². The van der Waals surface area contributed by atoms with E-state index in [1.54, 1.807) is 12.1 Å². The lowest BCUT2D eigenvalue weighted by atomic mass is 10.0. The monoisotopic (exact) mass is 429 g/mol. The first-order valence-corrected chi connectivity index (χ1v) is 12.0. The van der Waals surface area contributed by atoms with Gasteiger partial charge in [-0.3, -0.25) is 4.79 Å². The highest BCUT2D eigenvalue weighted by Crippen LogP contribution is 2.26. The second-order valence-corrected chi connectivity index (χ2v) is 9.48. The van der Waals surface area contributed by atoms with Crippen LogP contribution < -0.4 is 10.2 Å². The van der Waals surface area contributed by atoms with E-state index in [0.29, 0.717) is 18.0 Å². The largest absolute Gasteiger partial charge is 0.311 e. The van der Waals surface area contributed by atoms with Crippen molar-refractivity contribution in [3.8, 4) is 0 Å². The fourth-order valence-corrected chi connectivity index (χ4v) is 5.35. The SMILES string of the molecule is CCN(CC)S(=O)(=O)c1ccc([C@@H](C)NCC(=O)N2CCCc3ccccc32)cc1. The van der Waals surface area contributed by atoms with Crippen molar-refractivity contribution in [3.63, 3.8) is 0 Å². The van der Waals surface area contributed by atoms with Crippen LogP contribution in [0.25, 0.3) is 0 Å². The summed E-state index contributed by atoms with van der Waals surface area (Å²) in [5, 5.41) is 3.28. The Morgan fingerprint density at radius 1 is 1.10 bits per heavy atom. The maximum atomic E-state index is 12.8. The molecule has 0 saturated heterocycles. The molecule has 0 aromatic heterocycles. The Morgan fingerprint density at radius 2 is 1.77 bits per heavy atom. The number of aryl methyl sites for hydroxylation is 1. The number of amides is 1. The van der Waals surface area contributed by atoms with E-state index < -0.39 is 10.0 Å². The van der Waals surface area contributed by atoms with Crippen molar-refractivity contribution >= 4 is 21.6 Å². The molecule has 0 fully saturated rings. The summed E-state index contributed by atoms with van der Waals surface area (Å²) in [6.45, 7) is 7.50. The number of rotatable bonds is 8. The molecule has 7 heteroatoms. The molecule has 0 saturated carbocycles. The molecule has 1 heterocycles. The van der Waals surface area contributed by atoms with Crippen LogP contribution in [-0.2, 0) is 21.2 Å². The van der Waals surface area contributed by atoms with Crippen LogP contribution >= 0.6 is 0 Å². The topological polar surface area (TPSA) is 69.7 Å². The molecular weight excluding hydrogens is 398 g/mol. The normalized spacial score (nSPS) is 15.1. The molecule has 2 aromatic rings. The van der Waals surface area contributed by atoms with Crippen molar-refractivity contribution in [2.24, 2.45) is 0 Å². The van der Waals surface area contributed by atoms with Crippen molar-refractivity contribution in [2.45, 2.75) is 44.6 Å². The Balaban J connectivity index is 1.63. The molecule has 1 aliphatic rings. The molecule has 0 radical (unpaired) electrons. The van der Waals surface area contributed by atoms with Gasteiger partial charge in [0, 0.05) is 31.4 Å².